The van der Waals surface area contributed by atoms with E-state index in [9.17, 15) is 97.0 Å². The third-order valence-electron chi connectivity index (χ3n) is 4.57. The molecule has 39 heavy (non-hydrogen) atoms. The van der Waals surface area contributed by atoms with E-state index in [1.165, 1.54) is 0 Å². The highest BCUT2D eigenvalue weighted by Gasteiger charge is 2.97. The molecule has 0 atom stereocenters. The number of alkyl halides is 21. The first-order chi connectivity index (χ1) is 16.7. The van der Waals surface area contributed by atoms with Gasteiger partial charge in [-0.15, -0.1) is 6.58 Å². The fourth-order valence-electron chi connectivity index (χ4n) is 2.22. The Labute approximate surface area is 200 Å². The van der Waals surface area contributed by atoms with E-state index >= 15 is 0 Å². The molecule has 2 nitrogen and oxygen atoms in total. The third-order valence-corrected chi connectivity index (χ3v) is 4.57. The second kappa shape index (κ2) is 9.98. The molecule has 0 rings (SSSR count). The van der Waals surface area contributed by atoms with Gasteiger partial charge in [-0.3, -0.25) is 4.79 Å². The third kappa shape index (κ3) is 5.17. The van der Waals surface area contributed by atoms with Crippen LogP contribution in [0.25, 0.3) is 0 Å². The highest BCUT2D eigenvalue weighted by Crippen LogP contribution is 2.66. The molecule has 0 heterocycles. The quantitative estimate of drug-likeness (QED) is 0.118. The molecule has 0 saturated carbocycles. The van der Waals surface area contributed by atoms with Crippen LogP contribution in [0.5, 0.6) is 0 Å². The topological polar surface area (TPSA) is 26.3 Å². The Morgan fingerprint density at radius 2 is 0.795 bits per heavy atom. The van der Waals surface area contributed by atoms with Crippen molar-refractivity contribution in [3.05, 3.63) is 12.7 Å². The first-order valence-electron chi connectivity index (χ1n) is 8.94. The van der Waals surface area contributed by atoms with Gasteiger partial charge in [0.2, 0.25) is 0 Å². The number of esters is 1. The van der Waals surface area contributed by atoms with Gasteiger partial charge < -0.3 is 4.74 Å². The maximum atomic E-state index is 13.6. The molecule has 0 aromatic heterocycles. The molecule has 0 bridgehead atoms. The van der Waals surface area contributed by atoms with Crippen molar-refractivity contribution in [2.75, 3.05) is 6.61 Å². The van der Waals surface area contributed by atoms with Crippen LogP contribution in [0.15, 0.2) is 12.7 Å². The summed E-state index contributed by atoms with van der Waals surface area (Å²) in [4.78, 5) is 10.9. The minimum Gasteiger partial charge on any atom is -0.465 e. The van der Waals surface area contributed by atoms with Gasteiger partial charge in [0.05, 0.1) is 19.4 Å². The van der Waals surface area contributed by atoms with Gasteiger partial charge in [0.1, 0.15) is 0 Å². The maximum absolute atomic E-state index is 13.6. The van der Waals surface area contributed by atoms with Crippen LogP contribution in [0, 0.1) is 0 Å². The van der Waals surface area contributed by atoms with Crippen molar-refractivity contribution in [3.8, 4) is 0 Å². The summed E-state index contributed by atoms with van der Waals surface area (Å²) in [5.41, 5.74) is 0. The summed E-state index contributed by atoms with van der Waals surface area (Å²) in [6.07, 6.45) is -11.2. The van der Waals surface area contributed by atoms with Crippen molar-refractivity contribution in [1.29, 1.82) is 0 Å². The summed E-state index contributed by atoms with van der Waals surface area (Å²) < 4.78 is 281. The number of hydrogen-bond acceptors (Lipinski definition) is 2. The molecule has 0 saturated heterocycles. The first kappa shape index (κ1) is 36.7. The Morgan fingerprint density at radius 3 is 1.08 bits per heavy atom. The molecular formula is C16H9F21O2. The molecule has 0 aliphatic carbocycles. The Balaban J connectivity index is 6.74. The molecule has 0 aromatic carbocycles. The molecule has 0 unspecified atom stereocenters. The molecule has 0 spiro atoms. The Morgan fingerprint density at radius 1 is 0.513 bits per heavy atom. The number of carbonyl (C=O) groups excluding carboxylic acids is 1. The van der Waals surface area contributed by atoms with Crippen LogP contribution < -0.4 is 0 Å². The van der Waals surface area contributed by atoms with E-state index < -0.39 is 84.9 Å². The highest BCUT2D eigenvalue weighted by atomic mass is 19.4. The van der Waals surface area contributed by atoms with Crippen LogP contribution in [-0.4, -0.2) is 72.1 Å². The van der Waals surface area contributed by atoms with Crippen molar-refractivity contribution >= 4 is 5.97 Å². The van der Waals surface area contributed by atoms with E-state index in [-0.39, 0.29) is 0 Å². The smallest absolute Gasteiger partial charge is 0.460 e. The second-order valence-corrected chi connectivity index (χ2v) is 7.26. The Bertz CT molecular complexity index is 900. The van der Waals surface area contributed by atoms with Crippen molar-refractivity contribution in [2.24, 2.45) is 0 Å². The maximum Gasteiger partial charge on any atom is 0.460 e. The van der Waals surface area contributed by atoms with Gasteiger partial charge in [-0.1, -0.05) is 6.08 Å². The summed E-state index contributed by atoms with van der Waals surface area (Å²) in [7, 11) is 0. The average molecular weight is 632 g/mol. The Kier molecular flexibility index (Phi) is 9.40. The van der Waals surface area contributed by atoms with Gasteiger partial charge >= 0.3 is 65.4 Å². The van der Waals surface area contributed by atoms with E-state index in [2.05, 4.69) is 11.3 Å². The molecule has 0 aliphatic rings. The van der Waals surface area contributed by atoms with Crippen molar-refractivity contribution in [2.45, 2.75) is 72.3 Å². The zero-order valence-electron chi connectivity index (χ0n) is 17.7. The predicted octanol–water partition coefficient (Wildman–Crippen LogP) is 7.78. The summed E-state index contributed by atoms with van der Waals surface area (Å²) in [5.74, 6) is -79.0. The monoisotopic (exact) mass is 632 g/mol. The lowest BCUT2D eigenvalue weighted by Crippen LogP contribution is -2.76. The first-order valence-corrected chi connectivity index (χ1v) is 8.94. The molecule has 0 fully saturated rings. The molecular weight excluding hydrogens is 623 g/mol. The lowest BCUT2D eigenvalue weighted by atomic mass is 9.86. The molecule has 0 N–H and O–H groups in total. The normalized spacial score (nSPS) is 15.8. The molecule has 0 aromatic rings. The molecule has 0 radical (unpaired) electrons. The van der Waals surface area contributed by atoms with Gasteiger partial charge in [0, 0.05) is 0 Å². The molecule has 232 valence electrons. The van der Waals surface area contributed by atoms with Crippen molar-refractivity contribution < 1.29 is 102 Å². The SMILES string of the molecule is C=CCC(=O)OCCC(F)(F)C(F)(F)C(F)(F)C(F)(F)C(F)(F)C(F)(F)C(F)(F)C(F)(F)C(F)(F)C(F)(F)F. The van der Waals surface area contributed by atoms with E-state index in [1.807, 2.05) is 0 Å². The van der Waals surface area contributed by atoms with Crippen LogP contribution in [0.1, 0.15) is 12.8 Å². The summed E-state index contributed by atoms with van der Waals surface area (Å²) in [6.45, 7) is 0.764. The van der Waals surface area contributed by atoms with Crippen molar-refractivity contribution in [1.82, 2.24) is 0 Å². The molecule has 0 amide bonds. The molecule has 0 aliphatic heterocycles. The number of carbonyl (C=O) groups is 1. The lowest BCUT2D eigenvalue weighted by Gasteiger charge is -2.44. The Hall–Kier alpha value is -2.26. The minimum atomic E-state index is -9.21. The number of halogens is 21. The number of ether oxygens (including phenoxy) is 1. The average Bonchev–Trinajstić information content (AvgIpc) is 2.71. The van der Waals surface area contributed by atoms with E-state index in [0.717, 1.165) is 0 Å². The fraction of sp³-hybridized carbons (Fsp3) is 0.812. The summed E-state index contributed by atoms with van der Waals surface area (Å²) in [5, 5.41) is 0. The number of rotatable bonds is 13. The second-order valence-electron chi connectivity index (χ2n) is 7.26. The van der Waals surface area contributed by atoms with E-state index in [0.29, 0.717) is 6.08 Å². The van der Waals surface area contributed by atoms with Crippen LogP contribution in [0.3, 0.4) is 0 Å². The van der Waals surface area contributed by atoms with E-state index in [1.54, 1.807) is 0 Å². The highest BCUT2D eigenvalue weighted by molar-refractivity contribution is 5.70. The van der Waals surface area contributed by atoms with Crippen molar-refractivity contribution in [3.63, 3.8) is 0 Å². The largest absolute Gasteiger partial charge is 0.465 e. The lowest BCUT2D eigenvalue weighted by molar-refractivity contribution is -0.474. The van der Waals surface area contributed by atoms with Gasteiger partial charge in [-0.05, 0) is 0 Å². The van der Waals surface area contributed by atoms with Gasteiger partial charge in [0.15, 0.2) is 0 Å². The zero-order chi connectivity index (χ0) is 32.1. The standard InChI is InChI=1S/C16H9F21O2/c1-2-3-6(38)39-5-4-7(17,18)8(19,20)9(21,22)10(23,24)11(25,26)12(27,28)13(29,30)14(31,32)15(33,34)16(35,36)37/h2H,1,3-5H2. The van der Waals surface area contributed by atoms with E-state index in [4.69, 9.17) is 0 Å². The van der Waals surface area contributed by atoms with Gasteiger partial charge in [0.25, 0.3) is 0 Å². The van der Waals surface area contributed by atoms with Gasteiger partial charge in [-0.2, -0.15) is 92.2 Å². The zero-order valence-corrected chi connectivity index (χ0v) is 17.7. The minimum absolute atomic E-state index is 0.677. The van der Waals surface area contributed by atoms with Crippen LogP contribution in [-0.2, 0) is 9.53 Å². The fourth-order valence-corrected chi connectivity index (χ4v) is 2.22. The number of hydrogen-bond donors (Lipinski definition) is 0. The van der Waals surface area contributed by atoms with Crippen LogP contribution in [0.4, 0.5) is 92.2 Å². The predicted molar refractivity (Wildman–Crippen MR) is 81.0 cm³/mol. The van der Waals surface area contributed by atoms with Crippen LogP contribution in [0.2, 0.25) is 0 Å². The molecule has 23 heteroatoms. The summed E-state index contributed by atoms with van der Waals surface area (Å²) >= 11 is 0. The summed E-state index contributed by atoms with van der Waals surface area (Å²) in [6, 6.07) is 0. The van der Waals surface area contributed by atoms with Gasteiger partial charge in [-0.25, -0.2) is 0 Å². The van der Waals surface area contributed by atoms with Crippen LogP contribution >= 0.6 is 0 Å².